The molecule has 32 heavy (non-hydrogen) atoms. The van der Waals surface area contributed by atoms with Crippen molar-refractivity contribution in [3.63, 3.8) is 0 Å². The number of hydrogen-bond donors (Lipinski definition) is 2. The van der Waals surface area contributed by atoms with Crippen LogP contribution >= 0.6 is 0 Å². The molecule has 1 atom stereocenters. The molecule has 0 aliphatic heterocycles. The molecule has 0 fully saturated rings. The van der Waals surface area contributed by atoms with Crippen LogP contribution in [-0.2, 0) is 16.0 Å². The van der Waals surface area contributed by atoms with E-state index in [9.17, 15) is 14.4 Å². The van der Waals surface area contributed by atoms with Crippen LogP contribution in [0.15, 0.2) is 71.3 Å². The number of amides is 3. The molecule has 2 N–H and O–H groups in total. The van der Waals surface area contributed by atoms with Gasteiger partial charge < -0.3 is 20.0 Å². The average Bonchev–Trinajstić information content (AvgIpc) is 3.31. The lowest BCUT2D eigenvalue weighted by Gasteiger charge is -2.24. The number of carbonyl (C=O) groups is 3. The van der Waals surface area contributed by atoms with Crippen molar-refractivity contribution in [1.29, 1.82) is 0 Å². The quantitative estimate of drug-likeness (QED) is 0.570. The lowest BCUT2D eigenvalue weighted by atomic mass is 10.0. The van der Waals surface area contributed by atoms with Crippen LogP contribution in [0.3, 0.4) is 0 Å². The van der Waals surface area contributed by atoms with Crippen LogP contribution in [0.1, 0.15) is 27.2 Å². The molecule has 0 aliphatic rings. The molecule has 1 aromatic heterocycles. The van der Waals surface area contributed by atoms with Gasteiger partial charge in [0, 0.05) is 19.2 Å². The van der Waals surface area contributed by atoms with Gasteiger partial charge in [-0.15, -0.1) is 0 Å². The molecule has 3 aromatic rings. The van der Waals surface area contributed by atoms with Crippen molar-refractivity contribution in [2.75, 3.05) is 18.9 Å². The molecule has 2 aromatic carbocycles. The van der Waals surface area contributed by atoms with E-state index in [4.69, 9.17) is 4.42 Å². The van der Waals surface area contributed by atoms with Gasteiger partial charge in [0.25, 0.3) is 5.91 Å². The Kier molecular flexibility index (Phi) is 7.44. The molecule has 3 amide bonds. The van der Waals surface area contributed by atoms with Gasteiger partial charge in [-0.3, -0.25) is 14.4 Å². The smallest absolute Gasteiger partial charge is 0.287 e. The Morgan fingerprint density at radius 1 is 0.938 bits per heavy atom. The van der Waals surface area contributed by atoms with Gasteiger partial charge in [-0.25, -0.2) is 0 Å². The number of rotatable bonds is 8. The van der Waals surface area contributed by atoms with Gasteiger partial charge in [0.2, 0.25) is 11.8 Å². The van der Waals surface area contributed by atoms with Crippen molar-refractivity contribution < 1.29 is 18.8 Å². The average molecular weight is 434 g/mol. The topological polar surface area (TPSA) is 91.7 Å². The van der Waals surface area contributed by atoms with E-state index in [2.05, 4.69) is 10.6 Å². The van der Waals surface area contributed by atoms with E-state index in [1.807, 2.05) is 62.4 Å². The van der Waals surface area contributed by atoms with Crippen LogP contribution in [0.25, 0.3) is 0 Å². The summed E-state index contributed by atoms with van der Waals surface area (Å²) >= 11 is 0. The Morgan fingerprint density at radius 2 is 1.62 bits per heavy atom. The Balaban J connectivity index is 1.70. The van der Waals surface area contributed by atoms with E-state index < -0.39 is 11.9 Å². The van der Waals surface area contributed by atoms with Crippen molar-refractivity contribution in [3.8, 4) is 0 Å². The van der Waals surface area contributed by atoms with E-state index in [-0.39, 0.29) is 30.5 Å². The SMILES string of the molecule is Cc1cccc(C)c1NC(=O)CN(C)C(=O)C(Cc1ccccc1)NC(=O)c1ccco1. The third-order valence-electron chi connectivity index (χ3n) is 5.13. The molecule has 0 saturated carbocycles. The monoisotopic (exact) mass is 433 g/mol. The Bertz CT molecular complexity index is 1060. The highest BCUT2D eigenvalue weighted by Crippen LogP contribution is 2.19. The lowest BCUT2D eigenvalue weighted by molar-refractivity contribution is -0.135. The van der Waals surface area contributed by atoms with Gasteiger partial charge in [-0.2, -0.15) is 0 Å². The summed E-state index contributed by atoms with van der Waals surface area (Å²) in [5, 5.41) is 5.62. The lowest BCUT2D eigenvalue weighted by Crippen LogP contribution is -2.50. The molecular weight excluding hydrogens is 406 g/mol. The molecule has 0 radical (unpaired) electrons. The van der Waals surface area contributed by atoms with Crippen LogP contribution < -0.4 is 10.6 Å². The molecule has 0 spiro atoms. The third-order valence-corrected chi connectivity index (χ3v) is 5.13. The summed E-state index contributed by atoms with van der Waals surface area (Å²) in [6.45, 7) is 3.68. The number of furan rings is 1. The van der Waals surface area contributed by atoms with Crippen molar-refractivity contribution in [1.82, 2.24) is 10.2 Å². The van der Waals surface area contributed by atoms with Crippen molar-refractivity contribution in [2.45, 2.75) is 26.3 Å². The van der Waals surface area contributed by atoms with E-state index in [1.165, 1.54) is 17.2 Å². The fourth-order valence-corrected chi connectivity index (χ4v) is 3.44. The predicted molar refractivity (Wildman–Crippen MR) is 122 cm³/mol. The second-order valence-corrected chi connectivity index (χ2v) is 7.70. The molecule has 0 bridgehead atoms. The summed E-state index contributed by atoms with van der Waals surface area (Å²) in [5.41, 5.74) is 3.52. The van der Waals surface area contributed by atoms with Crippen LogP contribution in [-0.4, -0.2) is 42.3 Å². The fraction of sp³-hybridized carbons (Fsp3) is 0.240. The van der Waals surface area contributed by atoms with E-state index in [1.54, 1.807) is 13.1 Å². The van der Waals surface area contributed by atoms with Crippen molar-refractivity contribution >= 4 is 23.4 Å². The van der Waals surface area contributed by atoms with Gasteiger partial charge in [0.15, 0.2) is 5.76 Å². The largest absolute Gasteiger partial charge is 0.459 e. The summed E-state index contributed by atoms with van der Waals surface area (Å²) in [4.78, 5) is 39.6. The van der Waals surface area contributed by atoms with Crippen LogP contribution in [0.5, 0.6) is 0 Å². The molecular formula is C25H27N3O4. The maximum Gasteiger partial charge on any atom is 0.287 e. The molecule has 0 aliphatic carbocycles. The van der Waals surface area contributed by atoms with Gasteiger partial charge in [-0.05, 0) is 42.7 Å². The van der Waals surface area contributed by atoms with Gasteiger partial charge in [0.05, 0.1) is 12.8 Å². The Labute approximate surface area is 187 Å². The van der Waals surface area contributed by atoms with Gasteiger partial charge in [-0.1, -0.05) is 48.5 Å². The first-order valence-corrected chi connectivity index (χ1v) is 10.3. The number of benzene rings is 2. The van der Waals surface area contributed by atoms with Gasteiger partial charge in [0.1, 0.15) is 6.04 Å². The number of anilines is 1. The second-order valence-electron chi connectivity index (χ2n) is 7.70. The number of para-hydroxylation sites is 1. The van der Waals surface area contributed by atoms with E-state index in [0.717, 1.165) is 22.4 Å². The maximum atomic E-state index is 13.2. The summed E-state index contributed by atoms with van der Waals surface area (Å²) in [7, 11) is 1.55. The molecule has 0 saturated heterocycles. The Hall–Kier alpha value is -3.87. The summed E-state index contributed by atoms with van der Waals surface area (Å²) < 4.78 is 5.14. The number of hydrogen-bond acceptors (Lipinski definition) is 4. The zero-order valence-corrected chi connectivity index (χ0v) is 18.4. The number of likely N-dealkylation sites (N-methyl/N-ethyl adjacent to an activating group) is 1. The molecule has 7 heteroatoms. The van der Waals surface area contributed by atoms with Crippen LogP contribution in [0.4, 0.5) is 5.69 Å². The fourth-order valence-electron chi connectivity index (χ4n) is 3.44. The minimum absolute atomic E-state index is 0.117. The van der Waals surface area contributed by atoms with Gasteiger partial charge >= 0.3 is 0 Å². The van der Waals surface area contributed by atoms with E-state index >= 15 is 0 Å². The molecule has 1 unspecified atom stereocenters. The standard InChI is InChI=1S/C25H27N3O4/c1-17-9-7-10-18(2)23(17)27-22(29)16-28(3)25(31)20(15-19-11-5-4-6-12-19)26-24(30)21-13-8-14-32-21/h4-14,20H,15-16H2,1-3H3,(H,26,30)(H,27,29). The number of nitrogens with zero attached hydrogens (tertiary/aromatic N) is 1. The summed E-state index contributed by atoms with van der Waals surface area (Å²) in [6, 6.07) is 17.4. The van der Waals surface area contributed by atoms with Crippen molar-refractivity contribution in [2.24, 2.45) is 0 Å². The first-order chi connectivity index (χ1) is 15.3. The zero-order valence-electron chi connectivity index (χ0n) is 18.4. The molecule has 1 heterocycles. The first kappa shape index (κ1) is 22.8. The highest BCUT2D eigenvalue weighted by atomic mass is 16.3. The zero-order chi connectivity index (χ0) is 23.1. The molecule has 7 nitrogen and oxygen atoms in total. The summed E-state index contributed by atoms with van der Waals surface area (Å²) in [6.07, 6.45) is 1.68. The third kappa shape index (κ3) is 5.85. The first-order valence-electron chi connectivity index (χ1n) is 10.3. The van der Waals surface area contributed by atoms with Crippen LogP contribution in [0.2, 0.25) is 0 Å². The maximum absolute atomic E-state index is 13.2. The van der Waals surface area contributed by atoms with Crippen LogP contribution in [0, 0.1) is 13.8 Å². The number of aryl methyl sites for hydroxylation is 2. The number of nitrogens with one attached hydrogen (secondary N) is 2. The molecule has 166 valence electrons. The summed E-state index contributed by atoms with van der Waals surface area (Å²) in [5.74, 6) is -1.05. The normalized spacial score (nSPS) is 11.5. The Morgan fingerprint density at radius 3 is 2.25 bits per heavy atom. The van der Waals surface area contributed by atoms with Crippen molar-refractivity contribution in [3.05, 3.63) is 89.4 Å². The second kappa shape index (κ2) is 10.4. The highest BCUT2D eigenvalue weighted by molar-refractivity contribution is 5.98. The molecule has 3 rings (SSSR count). The number of carbonyl (C=O) groups excluding carboxylic acids is 3. The highest BCUT2D eigenvalue weighted by Gasteiger charge is 2.27. The minimum atomic E-state index is -0.854. The predicted octanol–water partition coefficient (Wildman–Crippen LogP) is 3.33. The minimum Gasteiger partial charge on any atom is -0.459 e. The van der Waals surface area contributed by atoms with E-state index in [0.29, 0.717) is 0 Å².